The van der Waals surface area contributed by atoms with E-state index >= 15 is 0 Å². The Kier molecular flexibility index (Phi) is 8.42. The van der Waals surface area contributed by atoms with Gasteiger partial charge in [0, 0.05) is 15.7 Å². The number of halogens is 3. The Hall–Kier alpha value is -2.26. The molecule has 11 heteroatoms. The number of rotatable bonds is 8. The van der Waals surface area contributed by atoms with Crippen molar-refractivity contribution in [1.82, 2.24) is 20.5 Å². The summed E-state index contributed by atoms with van der Waals surface area (Å²) in [4.78, 5) is 29.3. The predicted molar refractivity (Wildman–Crippen MR) is 129 cm³/mol. The van der Waals surface area contributed by atoms with Crippen LogP contribution in [0.1, 0.15) is 36.1 Å². The number of aromatic amines is 1. The average molecular weight is 513 g/mol. The third-order valence-corrected chi connectivity index (χ3v) is 6.01. The van der Waals surface area contributed by atoms with Gasteiger partial charge >= 0.3 is 0 Å². The molecule has 168 valence electrons. The third kappa shape index (κ3) is 6.62. The summed E-state index contributed by atoms with van der Waals surface area (Å²) >= 11 is 19.1. The first-order valence-corrected chi connectivity index (χ1v) is 11.7. The fourth-order valence-electron chi connectivity index (χ4n) is 2.77. The Balaban J connectivity index is 1.61. The zero-order valence-electron chi connectivity index (χ0n) is 17.2. The van der Waals surface area contributed by atoms with Crippen molar-refractivity contribution in [2.24, 2.45) is 5.92 Å². The van der Waals surface area contributed by atoms with Crippen LogP contribution in [0.4, 0.5) is 5.69 Å². The summed E-state index contributed by atoms with van der Waals surface area (Å²) in [5.41, 5.74) is 0.967. The molecule has 0 aliphatic carbocycles. The van der Waals surface area contributed by atoms with Crippen LogP contribution < -0.4 is 10.6 Å². The van der Waals surface area contributed by atoms with E-state index in [0.717, 1.165) is 0 Å². The van der Waals surface area contributed by atoms with Crippen molar-refractivity contribution in [2.45, 2.75) is 25.0 Å². The number of hydrogen-bond acceptors (Lipinski definition) is 5. The van der Waals surface area contributed by atoms with Crippen LogP contribution in [0.2, 0.25) is 15.1 Å². The molecule has 2 amide bonds. The zero-order chi connectivity index (χ0) is 23.3. The SMILES string of the molecule is CC(C)[C@H](NC(=O)c1ccc(Cl)cc1Cl)c1nc(SCC(=O)Nc2ccc(Cl)cc2)n[nH]1. The molecule has 1 heterocycles. The number of nitrogens with zero attached hydrogens (tertiary/aromatic N) is 2. The van der Waals surface area contributed by atoms with Gasteiger partial charge in [0.15, 0.2) is 0 Å². The fraction of sp³-hybridized carbons (Fsp3) is 0.238. The Morgan fingerprint density at radius 3 is 2.41 bits per heavy atom. The summed E-state index contributed by atoms with van der Waals surface area (Å²) in [6.07, 6.45) is 0. The Morgan fingerprint density at radius 1 is 1.06 bits per heavy atom. The van der Waals surface area contributed by atoms with Crippen LogP contribution in [0.15, 0.2) is 47.6 Å². The standard InChI is InChI=1S/C21H20Cl3N5O2S/c1-11(2)18(26-20(31)15-8-5-13(23)9-16(15)24)19-27-21(29-28-19)32-10-17(30)25-14-6-3-12(22)4-7-14/h3-9,11,18H,10H2,1-2H3,(H,25,30)(H,26,31)(H,27,28,29)/t18-/m0/s1. The second-order valence-corrected chi connectivity index (χ2v) is 9.39. The number of benzene rings is 2. The van der Waals surface area contributed by atoms with Gasteiger partial charge in [0.25, 0.3) is 5.91 Å². The largest absolute Gasteiger partial charge is 0.342 e. The Labute approximate surface area is 204 Å². The van der Waals surface area contributed by atoms with Crippen molar-refractivity contribution in [3.63, 3.8) is 0 Å². The molecule has 3 rings (SSSR count). The molecule has 0 spiro atoms. The van der Waals surface area contributed by atoms with E-state index in [-0.39, 0.29) is 28.5 Å². The first-order valence-electron chi connectivity index (χ1n) is 9.59. The van der Waals surface area contributed by atoms with E-state index in [2.05, 4.69) is 25.8 Å². The van der Waals surface area contributed by atoms with Crippen molar-refractivity contribution < 1.29 is 9.59 Å². The van der Waals surface area contributed by atoms with E-state index in [9.17, 15) is 9.59 Å². The number of thioether (sulfide) groups is 1. The van der Waals surface area contributed by atoms with Crippen molar-refractivity contribution >= 4 is 64.1 Å². The van der Waals surface area contributed by atoms with Gasteiger partial charge in [0.2, 0.25) is 11.1 Å². The van der Waals surface area contributed by atoms with E-state index in [1.165, 1.54) is 17.8 Å². The highest BCUT2D eigenvalue weighted by Crippen LogP contribution is 2.25. The first-order chi connectivity index (χ1) is 15.2. The van der Waals surface area contributed by atoms with Crippen LogP contribution in [0.25, 0.3) is 0 Å². The molecule has 0 saturated carbocycles. The zero-order valence-corrected chi connectivity index (χ0v) is 20.2. The third-order valence-electron chi connectivity index (χ3n) is 4.37. The molecule has 0 radical (unpaired) electrons. The molecule has 0 fully saturated rings. The maximum atomic E-state index is 12.7. The molecule has 3 N–H and O–H groups in total. The minimum absolute atomic E-state index is 0.0176. The van der Waals surface area contributed by atoms with Crippen LogP contribution in [-0.2, 0) is 4.79 Å². The number of carbonyl (C=O) groups excluding carboxylic acids is 2. The van der Waals surface area contributed by atoms with E-state index in [1.54, 1.807) is 36.4 Å². The Bertz CT molecular complexity index is 1110. The number of aromatic nitrogens is 3. The molecule has 0 aliphatic rings. The topological polar surface area (TPSA) is 99.8 Å². The van der Waals surface area contributed by atoms with E-state index in [4.69, 9.17) is 34.8 Å². The number of amides is 2. The minimum atomic E-state index is -0.431. The van der Waals surface area contributed by atoms with Crippen LogP contribution in [-0.4, -0.2) is 32.7 Å². The highest BCUT2D eigenvalue weighted by molar-refractivity contribution is 7.99. The predicted octanol–water partition coefficient (Wildman–Crippen LogP) is 5.62. The second kappa shape index (κ2) is 11.0. The van der Waals surface area contributed by atoms with Crippen molar-refractivity contribution in [1.29, 1.82) is 0 Å². The van der Waals surface area contributed by atoms with Gasteiger partial charge in [-0.25, -0.2) is 4.98 Å². The van der Waals surface area contributed by atoms with Crippen molar-refractivity contribution in [3.8, 4) is 0 Å². The van der Waals surface area contributed by atoms with Gasteiger partial charge in [-0.15, -0.1) is 5.10 Å². The van der Waals surface area contributed by atoms with Crippen molar-refractivity contribution in [3.05, 3.63) is 68.9 Å². The second-order valence-electron chi connectivity index (χ2n) is 7.17. The molecule has 1 atom stereocenters. The molecule has 32 heavy (non-hydrogen) atoms. The summed E-state index contributed by atoms with van der Waals surface area (Å²) in [5.74, 6) is 0.0788. The number of carbonyl (C=O) groups is 2. The maximum Gasteiger partial charge on any atom is 0.253 e. The van der Waals surface area contributed by atoms with Gasteiger partial charge in [0.05, 0.1) is 22.4 Å². The van der Waals surface area contributed by atoms with Crippen LogP contribution in [0, 0.1) is 5.92 Å². The van der Waals surface area contributed by atoms with Crippen LogP contribution in [0.3, 0.4) is 0 Å². The van der Waals surface area contributed by atoms with Gasteiger partial charge in [-0.05, 0) is 48.4 Å². The molecule has 7 nitrogen and oxygen atoms in total. The molecule has 0 bridgehead atoms. The quantitative estimate of drug-likeness (QED) is 0.340. The smallest absolute Gasteiger partial charge is 0.253 e. The lowest BCUT2D eigenvalue weighted by Crippen LogP contribution is -2.32. The number of anilines is 1. The lowest BCUT2D eigenvalue weighted by atomic mass is 10.0. The van der Waals surface area contributed by atoms with Crippen LogP contribution >= 0.6 is 46.6 Å². The lowest BCUT2D eigenvalue weighted by Gasteiger charge is -2.20. The van der Waals surface area contributed by atoms with Gasteiger partial charge in [-0.1, -0.05) is 60.4 Å². The maximum absolute atomic E-state index is 12.7. The molecule has 0 saturated heterocycles. The molecule has 0 aliphatic heterocycles. The highest BCUT2D eigenvalue weighted by atomic mass is 35.5. The van der Waals surface area contributed by atoms with Gasteiger partial charge in [-0.3, -0.25) is 14.7 Å². The highest BCUT2D eigenvalue weighted by Gasteiger charge is 2.24. The summed E-state index contributed by atoms with van der Waals surface area (Å²) in [7, 11) is 0. The Morgan fingerprint density at radius 2 is 1.75 bits per heavy atom. The van der Waals surface area contributed by atoms with Gasteiger partial charge in [-0.2, -0.15) is 0 Å². The van der Waals surface area contributed by atoms with E-state index < -0.39 is 6.04 Å². The first kappa shape index (κ1) is 24.4. The normalized spacial score (nSPS) is 11.9. The van der Waals surface area contributed by atoms with Crippen molar-refractivity contribution in [2.75, 3.05) is 11.1 Å². The molecule has 0 unspecified atom stereocenters. The molecular weight excluding hydrogens is 493 g/mol. The van der Waals surface area contributed by atoms with Crippen LogP contribution in [0.5, 0.6) is 0 Å². The summed E-state index contributed by atoms with van der Waals surface area (Å²) in [6.45, 7) is 3.90. The lowest BCUT2D eigenvalue weighted by molar-refractivity contribution is -0.113. The average Bonchev–Trinajstić information content (AvgIpc) is 3.20. The van der Waals surface area contributed by atoms with Gasteiger partial charge < -0.3 is 10.6 Å². The minimum Gasteiger partial charge on any atom is -0.342 e. The fourth-order valence-corrected chi connectivity index (χ4v) is 3.99. The van der Waals surface area contributed by atoms with Gasteiger partial charge in [0.1, 0.15) is 5.82 Å². The number of nitrogens with one attached hydrogen (secondary N) is 3. The molecule has 2 aromatic carbocycles. The number of hydrogen-bond donors (Lipinski definition) is 3. The number of H-pyrrole nitrogens is 1. The summed E-state index contributed by atoms with van der Waals surface area (Å²) in [5, 5.41) is 14.4. The van der Waals surface area contributed by atoms with E-state index in [0.29, 0.717) is 32.3 Å². The van der Waals surface area contributed by atoms with E-state index in [1.807, 2.05) is 13.8 Å². The molecule has 3 aromatic rings. The summed E-state index contributed by atoms with van der Waals surface area (Å²) < 4.78 is 0. The molecular formula is C21H20Cl3N5O2S. The summed E-state index contributed by atoms with van der Waals surface area (Å²) in [6, 6.07) is 11.1. The monoisotopic (exact) mass is 511 g/mol. The molecule has 1 aromatic heterocycles.